The zero-order valence-electron chi connectivity index (χ0n) is 7.09. The summed E-state index contributed by atoms with van der Waals surface area (Å²) in [6.07, 6.45) is 7.34. The Morgan fingerprint density at radius 3 is 2.82 bits per heavy atom. The fraction of sp³-hybridized carbons (Fsp3) is 0.667. The lowest BCUT2D eigenvalue weighted by atomic mass is 10.1. The Labute approximate surface area is 67.9 Å². The highest BCUT2D eigenvalue weighted by Crippen LogP contribution is 2.06. The summed E-state index contributed by atoms with van der Waals surface area (Å²) in [6.45, 7) is 1.97. The van der Waals surface area contributed by atoms with E-state index in [1.165, 1.54) is 7.11 Å². The van der Waals surface area contributed by atoms with E-state index in [1.54, 1.807) is 0 Å². The van der Waals surface area contributed by atoms with E-state index in [2.05, 4.69) is 10.7 Å². The molecule has 0 aliphatic rings. The number of rotatable bonds is 4. The Kier molecular flexibility index (Phi) is 5.28. The van der Waals surface area contributed by atoms with Crippen LogP contribution in [0.5, 0.6) is 0 Å². The van der Waals surface area contributed by atoms with Crippen LogP contribution in [0.1, 0.15) is 26.2 Å². The van der Waals surface area contributed by atoms with Crippen LogP contribution < -0.4 is 0 Å². The van der Waals surface area contributed by atoms with E-state index in [9.17, 15) is 4.79 Å². The van der Waals surface area contributed by atoms with Crippen molar-refractivity contribution in [3.63, 3.8) is 0 Å². The molecule has 0 fully saturated rings. The molecule has 62 valence electrons. The third-order valence-electron chi connectivity index (χ3n) is 1.53. The fourth-order valence-electron chi connectivity index (χ4n) is 0.738. The van der Waals surface area contributed by atoms with Crippen LogP contribution in [0.15, 0.2) is 0 Å². The minimum absolute atomic E-state index is 0.158. The molecule has 0 unspecified atom stereocenters. The first kappa shape index (κ1) is 10.0. The number of ether oxygens (including phenoxy) is 1. The van der Waals surface area contributed by atoms with Crippen molar-refractivity contribution in [1.29, 1.82) is 0 Å². The van der Waals surface area contributed by atoms with Crippen molar-refractivity contribution >= 4 is 5.97 Å². The van der Waals surface area contributed by atoms with Gasteiger partial charge >= 0.3 is 5.97 Å². The van der Waals surface area contributed by atoms with Crippen LogP contribution in [0.2, 0.25) is 0 Å². The minimum Gasteiger partial charge on any atom is -0.469 e. The van der Waals surface area contributed by atoms with Crippen molar-refractivity contribution in [2.24, 2.45) is 5.92 Å². The van der Waals surface area contributed by atoms with E-state index in [-0.39, 0.29) is 11.9 Å². The summed E-state index contributed by atoms with van der Waals surface area (Å²) in [6, 6.07) is 0. The Morgan fingerprint density at radius 2 is 2.36 bits per heavy atom. The van der Waals surface area contributed by atoms with Gasteiger partial charge in [0.2, 0.25) is 0 Å². The van der Waals surface area contributed by atoms with E-state index in [1.807, 2.05) is 6.92 Å². The third kappa shape index (κ3) is 5.47. The summed E-state index contributed by atoms with van der Waals surface area (Å²) < 4.78 is 4.48. The second-order valence-electron chi connectivity index (χ2n) is 2.54. The average Bonchev–Trinajstić information content (AvgIpc) is 2.04. The van der Waals surface area contributed by atoms with E-state index in [0.717, 1.165) is 12.8 Å². The minimum atomic E-state index is -0.158. The van der Waals surface area contributed by atoms with Crippen LogP contribution in [-0.4, -0.2) is 13.1 Å². The van der Waals surface area contributed by atoms with Crippen LogP contribution in [0.3, 0.4) is 0 Å². The van der Waals surface area contributed by atoms with Crippen molar-refractivity contribution < 1.29 is 9.53 Å². The molecule has 0 spiro atoms. The van der Waals surface area contributed by atoms with Crippen molar-refractivity contribution in [3.05, 3.63) is 0 Å². The maximum Gasteiger partial charge on any atom is 0.305 e. The first-order chi connectivity index (χ1) is 5.20. The van der Waals surface area contributed by atoms with Gasteiger partial charge in [-0.3, -0.25) is 4.79 Å². The van der Waals surface area contributed by atoms with Crippen LogP contribution in [0.4, 0.5) is 0 Å². The van der Waals surface area contributed by atoms with Crippen molar-refractivity contribution in [1.82, 2.24) is 0 Å². The first-order valence-electron chi connectivity index (χ1n) is 3.73. The fourth-order valence-corrected chi connectivity index (χ4v) is 0.738. The van der Waals surface area contributed by atoms with E-state index in [4.69, 9.17) is 6.42 Å². The zero-order chi connectivity index (χ0) is 8.69. The van der Waals surface area contributed by atoms with Gasteiger partial charge in [-0.15, -0.1) is 12.3 Å². The van der Waals surface area contributed by atoms with Gasteiger partial charge in [0.15, 0.2) is 0 Å². The third-order valence-corrected chi connectivity index (χ3v) is 1.53. The summed E-state index contributed by atoms with van der Waals surface area (Å²) in [5.74, 6) is 2.71. The number of hydrogen-bond acceptors (Lipinski definition) is 2. The molecule has 0 aromatic heterocycles. The van der Waals surface area contributed by atoms with Crippen LogP contribution in [0.25, 0.3) is 0 Å². The SMILES string of the molecule is C#C[C@@H](C)CCCC(=O)OC. The van der Waals surface area contributed by atoms with Crippen molar-refractivity contribution in [2.45, 2.75) is 26.2 Å². The van der Waals surface area contributed by atoms with E-state index in [0.29, 0.717) is 6.42 Å². The lowest BCUT2D eigenvalue weighted by Crippen LogP contribution is -2.00. The van der Waals surface area contributed by atoms with E-state index >= 15 is 0 Å². The molecule has 1 atom stereocenters. The maximum absolute atomic E-state index is 10.6. The Morgan fingerprint density at radius 1 is 1.73 bits per heavy atom. The van der Waals surface area contributed by atoms with E-state index < -0.39 is 0 Å². The second-order valence-corrected chi connectivity index (χ2v) is 2.54. The lowest BCUT2D eigenvalue weighted by molar-refractivity contribution is -0.140. The van der Waals surface area contributed by atoms with Crippen LogP contribution in [0, 0.1) is 18.3 Å². The summed E-state index contributed by atoms with van der Waals surface area (Å²) in [7, 11) is 1.40. The predicted octanol–water partition coefficient (Wildman–Crippen LogP) is 1.60. The molecule has 0 saturated heterocycles. The summed E-state index contributed by atoms with van der Waals surface area (Å²) in [5, 5.41) is 0. The van der Waals surface area contributed by atoms with Gasteiger partial charge in [-0.2, -0.15) is 0 Å². The van der Waals surface area contributed by atoms with Gasteiger partial charge in [0.1, 0.15) is 0 Å². The molecule has 11 heavy (non-hydrogen) atoms. The number of terminal acetylenes is 1. The molecule has 0 bridgehead atoms. The predicted molar refractivity (Wildman–Crippen MR) is 43.9 cm³/mol. The molecule has 2 nitrogen and oxygen atoms in total. The first-order valence-corrected chi connectivity index (χ1v) is 3.73. The van der Waals surface area contributed by atoms with Crippen molar-refractivity contribution in [2.75, 3.05) is 7.11 Å². The monoisotopic (exact) mass is 154 g/mol. The molecule has 0 amide bonds. The Balaban J connectivity index is 3.29. The van der Waals surface area contributed by atoms with Crippen LogP contribution in [-0.2, 0) is 9.53 Å². The Hall–Kier alpha value is -0.970. The summed E-state index contributed by atoms with van der Waals surface area (Å²) >= 11 is 0. The molecular formula is C9H14O2. The highest BCUT2D eigenvalue weighted by molar-refractivity contribution is 5.68. The molecule has 0 aliphatic carbocycles. The smallest absolute Gasteiger partial charge is 0.305 e. The molecule has 0 saturated carbocycles. The molecule has 0 aromatic rings. The quantitative estimate of drug-likeness (QED) is 0.454. The maximum atomic E-state index is 10.6. The molecule has 0 heterocycles. The van der Waals surface area contributed by atoms with Crippen molar-refractivity contribution in [3.8, 4) is 12.3 Å². The molecule has 2 heteroatoms. The second kappa shape index (κ2) is 5.79. The number of carbonyl (C=O) groups excluding carboxylic acids is 1. The normalized spacial score (nSPS) is 11.7. The zero-order valence-corrected chi connectivity index (χ0v) is 7.09. The van der Waals surface area contributed by atoms with Gasteiger partial charge in [0, 0.05) is 12.3 Å². The highest BCUT2D eigenvalue weighted by atomic mass is 16.5. The van der Waals surface area contributed by atoms with Gasteiger partial charge in [0.05, 0.1) is 7.11 Å². The van der Waals surface area contributed by atoms with Gasteiger partial charge in [-0.1, -0.05) is 6.92 Å². The van der Waals surface area contributed by atoms with Gasteiger partial charge in [0.25, 0.3) is 0 Å². The van der Waals surface area contributed by atoms with Gasteiger partial charge < -0.3 is 4.74 Å². The molecule has 0 aliphatic heterocycles. The highest BCUT2D eigenvalue weighted by Gasteiger charge is 2.01. The van der Waals surface area contributed by atoms with Crippen LogP contribution >= 0.6 is 0 Å². The average molecular weight is 154 g/mol. The summed E-state index contributed by atoms with van der Waals surface area (Å²) in [4.78, 5) is 10.6. The Bertz CT molecular complexity index is 155. The standard InChI is InChI=1S/C9H14O2/c1-4-8(2)6-5-7-9(10)11-3/h1,8H,5-7H2,2-3H3/t8-/m1/s1. The number of carbonyl (C=O) groups is 1. The topological polar surface area (TPSA) is 26.3 Å². The number of esters is 1. The van der Waals surface area contributed by atoms with Gasteiger partial charge in [-0.25, -0.2) is 0 Å². The molecule has 0 N–H and O–H groups in total. The molecular weight excluding hydrogens is 140 g/mol. The largest absolute Gasteiger partial charge is 0.469 e. The molecule has 0 aromatic carbocycles. The molecule has 0 radical (unpaired) electrons. The molecule has 0 rings (SSSR count). The van der Waals surface area contributed by atoms with Gasteiger partial charge in [-0.05, 0) is 12.8 Å². The number of methoxy groups -OCH3 is 1. The summed E-state index contributed by atoms with van der Waals surface area (Å²) in [5.41, 5.74) is 0. The number of hydrogen-bond donors (Lipinski definition) is 0. The lowest BCUT2D eigenvalue weighted by Gasteiger charge is -2.01.